The normalized spacial score (nSPS) is 21.1. The molecule has 1 saturated carbocycles. The molecule has 2 aliphatic rings. The van der Waals surface area contributed by atoms with Crippen LogP contribution in [0.3, 0.4) is 0 Å². The van der Waals surface area contributed by atoms with E-state index in [0.29, 0.717) is 11.9 Å². The fourth-order valence-corrected chi connectivity index (χ4v) is 3.49. The van der Waals surface area contributed by atoms with Gasteiger partial charge in [0.1, 0.15) is 6.54 Å². The Balaban J connectivity index is 0.00000338. The first-order chi connectivity index (χ1) is 12.0. The number of hydrogen-bond donors (Lipinski definition) is 2. The molecule has 2 fully saturated rings. The van der Waals surface area contributed by atoms with Crippen LogP contribution in [-0.4, -0.2) is 73.9 Å². The van der Waals surface area contributed by atoms with Crippen LogP contribution in [0.5, 0.6) is 0 Å². The molecule has 8 heteroatoms. The van der Waals surface area contributed by atoms with Crippen LogP contribution < -0.4 is 10.6 Å². The molecule has 0 spiro atoms. The number of rotatable bonds is 5. The minimum Gasteiger partial charge on any atom is -0.357 e. The topological polar surface area (TPSA) is 77.0 Å². The molecule has 0 radical (unpaired) electrons. The lowest BCUT2D eigenvalue weighted by atomic mass is 9.88. The van der Waals surface area contributed by atoms with Crippen LogP contribution >= 0.6 is 24.0 Å². The number of carbonyl (C=O) groups is 2. The monoisotopic (exact) mass is 479 g/mol. The van der Waals surface area contributed by atoms with E-state index >= 15 is 0 Å². The molecule has 2 rings (SSSR count). The number of aliphatic imine (C=N–C) groups is 1. The second-order valence-electron chi connectivity index (χ2n) is 7.23. The number of likely N-dealkylation sites (N-methyl/N-ethyl adjacent to an activating group) is 1. The third-order valence-electron chi connectivity index (χ3n) is 5.01. The zero-order valence-corrected chi connectivity index (χ0v) is 18.6. The van der Waals surface area contributed by atoms with Crippen molar-refractivity contribution < 1.29 is 9.59 Å². The fraction of sp³-hybridized carbons (Fsp3) is 0.833. The molecule has 7 nitrogen and oxygen atoms in total. The van der Waals surface area contributed by atoms with Crippen LogP contribution in [-0.2, 0) is 9.59 Å². The fourth-order valence-electron chi connectivity index (χ4n) is 3.49. The Kier molecular flexibility index (Phi) is 10.3. The molecule has 1 saturated heterocycles. The van der Waals surface area contributed by atoms with E-state index < -0.39 is 0 Å². The molecule has 2 amide bonds. The van der Waals surface area contributed by atoms with E-state index in [2.05, 4.69) is 15.6 Å². The molecule has 1 aliphatic carbocycles. The second-order valence-corrected chi connectivity index (χ2v) is 7.23. The number of carbonyl (C=O) groups excluding carboxylic acids is 2. The van der Waals surface area contributed by atoms with Gasteiger partial charge in [0.05, 0.1) is 0 Å². The van der Waals surface area contributed by atoms with Gasteiger partial charge in [0, 0.05) is 45.7 Å². The zero-order chi connectivity index (χ0) is 18.2. The Morgan fingerprint density at radius 2 is 1.85 bits per heavy atom. The van der Waals surface area contributed by atoms with Gasteiger partial charge in [0.25, 0.3) is 0 Å². The van der Waals surface area contributed by atoms with E-state index in [9.17, 15) is 9.59 Å². The minimum atomic E-state index is -0.0299. The number of guanidine groups is 1. The summed E-state index contributed by atoms with van der Waals surface area (Å²) in [6.45, 7) is 4.39. The van der Waals surface area contributed by atoms with E-state index in [0.717, 1.165) is 38.9 Å². The number of likely N-dealkylation sites (tertiary alicyclic amines) is 1. The van der Waals surface area contributed by atoms with Crippen molar-refractivity contribution in [2.24, 2.45) is 10.9 Å². The standard InChI is InChI=1S/C18H33N5O2.HI/c1-4-19-18(20-12-16(24)22(2)3)21-15-10-11-23(13-15)17(25)14-8-6-5-7-9-14;/h14-15H,4-13H2,1-3H3,(H2,19,20,21);1H. The summed E-state index contributed by atoms with van der Waals surface area (Å²) < 4.78 is 0. The minimum absolute atomic E-state index is 0. The number of hydrogen-bond acceptors (Lipinski definition) is 3. The average molecular weight is 479 g/mol. The van der Waals surface area contributed by atoms with Crippen molar-refractivity contribution in [1.29, 1.82) is 0 Å². The molecule has 0 bridgehead atoms. The van der Waals surface area contributed by atoms with Crippen molar-refractivity contribution in [2.75, 3.05) is 40.3 Å². The summed E-state index contributed by atoms with van der Waals surface area (Å²) in [6.07, 6.45) is 6.65. The summed E-state index contributed by atoms with van der Waals surface area (Å²) >= 11 is 0. The molecule has 0 aromatic carbocycles. The predicted molar refractivity (Wildman–Crippen MR) is 115 cm³/mol. The molecular formula is C18H34IN5O2. The first kappa shape index (κ1) is 23.0. The van der Waals surface area contributed by atoms with Crippen LogP contribution in [0.2, 0.25) is 0 Å². The third-order valence-corrected chi connectivity index (χ3v) is 5.01. The third kappa shape index (κ3) is 6.92. The molecule has 2 N–H and O–H groups in total. The maximum absolute atomic E-state index is 12.6. The van der Waals surface area contributed by atoms with Gasteiger partial charge in [-0.1, -0.05) is 19.3 Å². The van der Waals surface area contributed by atoms with Crippen molar-refractivity contribution in [3.05, 3.63) is 0 Å². The zero-order valence-electron chi connectivity index (χ0n) is 16.3. The first-order valence-corrected chi connectivity index (χ1v) is 9.55. The van der Waals surface area contributed by atoms with Gasteiger partial charge in [0.2, 0.25) is 11.8 Å². The molecule has 1 heterocycles. The highest BCUT2D eigenvalue weighted by molar-refractivity contribution is 14.0. The van der Waals surface area contributed by atoms with Crippen molar-refractivity contribution in [3.63, 3.8) is 0 Å². The lowest BCUT2D eigenvalue weighted by Crippen LogP contribution is -2.46. The lowest BCUT2D eigenvalue weighted by Gasteiger charge is -2.26. The van der Waals surface area contributed by atoms with Crippen LogP contribution in [0.4, 0.5) is 0 Å². The molecule has 1 atom stereocenters. The first-order valence-electron chi connectivity index (χ1n) is 9.55. The maximum Gasteiger partial charge on any atom is 0.243 e. The van der Waals surface area contributed by atoms with Crippen molar-refractivity contribution in [3.8, 4) is 0 Å². The maximum atomic E-state index is 12.6. The molecule has 0 aromatic rings. The molecule has 0 aromatic heterocycles. The second kappa shape index (κ2) is 11.6. The summed E-state index contributed by atoms with van der Waals surface area (Å²) in [7, 11) is 3.45. The number of halogens is 1. The van der Waals surface area contributed by atoms with Gasteiger partial charge in [-0.2, -0.15) is 0 Å². The number of nitrogens with zero attached hydrogens (tertiary/aromatic N) is 3. The summed E-state index contributed by atoms with van der Waals surface area (Å²) in [5.41, 5.74) is 0. The van der Waals surface area contributed by atoms with Crippen molar-refractivity contribution >= 4 is 41.8 Å². The SMILES string of the molecule is CCNC(=NCC(=O)N(C)C)NC1CCN(C(=O)C2CCCCC2)C1.I. The van der Waals surface area contributed by atoms with Crippen molar-refractivity contribution in [1.82, 2.24) is 20.4 Å². The van der Waals surface area contributed by atoms with Crippen LogP contribution in [0.15, 0.2) is 4.99 Å². The molecule has 1 aliphatic heterocycles. The summed E-state index contributed by atoms with van der Waals surface area (Å²) in [5.74, 6) is 1.17. The molecule has 1 unspecified atom stereocenters. The summed E-state index contributed by atoms with van der Waals surface area (Å²) in [4.78, 5) is 32.3. The van der Waals surface area contributed by atoms with E-state index in [-0.39, 0.29) is 48.4 Å². The number of nitrogens with one attached hydrogen (secondary N) is 2. The lowest BCUT2D eigenvalue weighted by molar-refractivity contribution is -0.135. The van der Waals surface area contributed by atoms with Gasteiger partial charge in [0.15, 0.2) is 5.96 Å². The highest BCUT2D eigenvalue weighted by Gasteiger charge is 2.31. The smallest absolute Gasteiger partial charge is 0.243 e. The van der Waals surface area contributed by atoms with Gasteiger partial charge in [-0.15, -0.1) is 24.0 Å². The van der Waals surface area contributed by atoms with Gasteiger partial charge in [-0.25, -0.2) is 4.99 Å². The Labute approximate surface area is 174 Å². The van der Waals surface area contributed by atoms with Crippen LogP contribution in [0, 0.1) is 5.92 Å². The molecule has 150 valence electrons. The highest BCUT2D eigenvalue weighted by atomic mass is 127. The highest BCUT2D eigenvalue weighted by Crippen LogP contribution is 2.26. The van der Waals surface area contributed by atoms with Gasteiger partial charge in [-0.3, -0.25) is 9.59 Å². The average Bonchev–Trinajstić information content (AvgIpc) is 3.08. The van der Waals surface area contributed by atoms with Crippen LogP contribution in [0.1, 0.15) is 45.4 Å². The summed E-state index contributed by atoms with van der Waals surface area (Å²) in [6, 6.07) is 0.194. The quantitative estimate of drug-likeness (QED) is 0.356. The van der Waals surface area contributed by atoms with Gasteiger partial charge in [-0.05, 0) is 26.2 Å². The van der Waals surface area contributed by atoms with Crippen molar-refractivity contribution in [2.45, 2.75) is 51.5 Å². The van der Waals surface area contributed by atoms with E-state index in [4.69, 9.17) is 0 Å². The Bertz CT molecular complexity index is 492. The molecular weight excluding hydrogens is 445 g/mol. The number of amides is 2. The Hall–Kier alpha value is -1.06. The summed E-state index contributed by atoms with van der Waals surface area (Å²) in [5, 5.41) is 6.55. The predicted octanol–water partition coefficient (Wildman–Crippen LogP) is 1.43. The van der Waals surface area contributed by atoms with Crippen LogP contribution in [0.25, 0.3) is 0 Å². The van der Waals surface area contributed by atoms with E-state index in [1.807, 2.05) is 11.8 Å². The Morgan fingerprint density at radius 3 is 2.46 bits per heavy atom. The largest absolute Gasteiger partial charge is 0.357 e. The van der Waals surface area contributed by atoms with E-state index in [1.54, 1.807) is 14.1 Å². The van der Waals surface area contributed by atoms with Gasteiger partial charge < -0.3 is 20.4 Å². The van der Waals surface area contributed by atoms with E-state index in [1.165, 1.54) is 24.2 Å². The van der Waals surface area contributed by atoms with Gasteiger partial charge >= 0.3 is 0 Å². The molecule has 26 heavy (non-hydrogen) atoms. The Morgan fingerprint density at radius 1 is 1.15 bits per heavy atom.